The molecule has 0 saturated carbocycles. The first kappa shape index (κ1) is 30.4. The van der Waals surface area contributed by atoms with Crippen LogP contribution in [0, 0.1) is 22.5 Å². The van der Waals surface area contributed by atoms with Crippen LogP contribution < -0.4 is 18.9 Å². The highest BCUT2D eigenvalue weighted by Gasteiger charge is 2.52. The summed E-state index contributed by atoms with van der Waals surface area (Å²) in [4.78, 5) is 4.69. The Labute approximate surface area is 252 Å². The molecule has 4 aliphatic rings. The molecular weight excluding hydrogens is 558 g/mol. The minimum atomic E-state index is -0.636. The molecule has 6 atom stereocenters. The number of fused-ring (bicyclic) bond motifs is 2. The monoisotopic (exact) mass is 602 g/mol. The minimum absolute atomic E-state index is 0.173. The number of hydrogen-bond acceptors (Lipinski definition) is 8. The fourth-order valence-electron chi connectivity index (χ4n) is 7.75. The molecule has 0 radical (unpaired) electrons. The van der Waals surface area contributed by atoms with Gasteiger partial charge in [0.1, 0.15) is 37.1 Å². The van der Waals surface area contributed by atoms with E-state index in [9.17, 15) is 13.9 Å². The molecule has 1 N–H and O–H groups in total. The summed E-state index contributed by atoms with van der Waals surface area (Å²) in [5.74, 6) is 1.25. The zero-order valence-electron chi connectivity index (χ0n) is 25.4. The van der Waals surface area contributed by atoms with E-state index in [4.69, 9.17) is 23.7 Å². The van der Waals surface area contributed by atoms with Crippen LogP contribution in [0.25, 0.3) is 0 Å². The fraction of sp³-hybridized carbons (Fsp3) is 0.636. The second kappa shape index (κ2) is 12.4. The molecule has 10 heteroatoms. The molecule has 4 heterocycles. The Balaban J connectivity index is 1.17. The Bertz CT molecular complexity index is 1280. The van der Waals surface area contributed by atoms with Crippen molar-refractivity contribution in [3.05, 3.63) is 48.0 Å². The number of aliphatic hydroxyl groups is 1. The van der Waals surface area contributed by atoms with Crippen molar-refractivity contribution >= 4 is 0 Å². The average Bonchev–Trinajstić information content (AvgIpc) is 2.96. The van der Waals surface area contributed by atoms with Crippen LogP contribution in [0.5, 0.6) is 23.0 Å². The lowest BCUT2D eigenvalue weighted by Gasteiger charge is -2.55. The Hall–Kier alpha value is -2.66. The van der Waals surface area contributed by atoms with Gasteiger partial charge in [0.15, 0.2) is 23.0 Å². The van der Waals surface area contributed by atoms with E-state index in [1.807, 2.05) is 0 Å². The Morgan fingerprint density at radius 3 is 2.12 bits per heavy atom. The molecule has 0 amide bonds. The summed E-state index contributed by atoms with van der Waals surface area (Å²) < 4.78 is 57.6. The fourth-order valence-corrected chi connectivity index (χ4v) is 7.75. The molecule has 8 nitrogen and oxygen atoms in total. The number of nitrogens with zero attached hydrogens (tertiary/aromatic N) is 2. The van der Waals surface area contributed by atoms with E-state index in [0.29, 0.717) is 62.5 Å². The molecule has 0 spiro atoms. The molecule has 0 bridgehead atoms. The summed E-state index contributed by atoms with van der Waals surface area (Å²) in [5.41, 5.74) is -0.655. The predicted octanol–water partition coefficient (Wildman–Crippen LogP) is 4.52. The molecule has 4 aliphatic heterocycles. The van der Waals surface area contributed by atoms with Gasteiger partial charge < -0.3 is 28.8 Å². The van der Waals surface area contributed by atoms with Gasteiger partial charge in [-0.1, -0.05) is 13.8 Å². The van der Waals surface area contributed by atoms with E-state index in [1.165, 1.54) is 24.3 Å². The first-order chi connectivity index (χ1) is 20.7. The molecule has 2 aromatic carbocycles. The SMILES string of the molecule is COCC1(C)CCCN(C[C@H]2COc3ccc(F)cc3O2)C1[C@@H](O)[C@@]1(C)CCCN(C[C@H]2COc3ccc(F)cc3O2)C1. The summed E-state index contributed by atoms with van der Waals surface area (Å²) in [7, 11) is 1.72. The average molecular weight is 603 g/mol. The third-order valence-corrected chi connectivity index (χ3v) is 9.74. The molecular formula is C33H44F2N2O6. The quantitative estimate of drug-likeness (QED) is 0.473. The van der Waals surface area contributed by atoms with Crippen molar-refractivity contribution in [1.29, 1.82) is 0 Å². The van der Waals surface area contributed by atoms with Crippen molar-refractivity contribution in [2.45, 2.75) is 63.9 Å². The van der Waals surface area contributed by atoms with Crippen LogP contribution in [0.3, 0.4) is 0 Å². The molecule has 0 aromatic heterocycles. The standard InChI is InChI=1S/C33H44F2N2O6/c1-32(10-4-12-36(20-32)16-24-18-40-26-8-6-22(34)14-28(26)42-24)31(38)30-33(2,21-39-3)11-5-13-37(30)17-25-19-41-27-9-7-23(35)15-29(27)43-25/h6-9,14-15,24-25,30-31,38H,4-5,10-13,16-21H2,1-3H3/t24-,25-,30?,31+,32-,33?/m0/s1. The van der Waals surface area contributed by atoms with E-state index in [2.05, 4.69) is 23.6 Å². The number of methoxy groups -OCH3 is 1. The number of ether oxygens (including phenoxy) is 5. The van der Waals surface area contributed by atoms with E-state index in [0.717, 1.165) is 38.8 Å². The second-order valence-corrected chi connectivity index (χ2v) is 13.4. The maximum absolute atomic E-state index is 13.9. The minimum Gasteiger partial charge on any atom is -0.486 e. The van der Waals surface area contributed by atoms with Gasteiger partial charge in [-0.2, -0.15) is 0 Å². The number of aliphatic hydroxyl groups excluding tert-OH is 1. The first-order valence-corrected chi connectivity index (χ1v) is 15.5. The van der Waals surface area contributed by atoms with Crippen LogP contribution in [0.15, 0.2) is 36.4 Å². The third-order valence-electron chi connectivity index (χ3n) is 9.74. The highest BCUT2D eigenvalue weighted by atomic mass is 19.1. The molecule has 0 aliphatic carbocycles. The summed E-state index contributed by atoms with van der Waals surface area (Å²) >= 11 is 0. The third kappa shape index (κ3) is 6.43. The predicted molar refractivity (Wildman–Crippen MR) is 157 cm³/mol. The van der Waals surface area contributed by atoms with Crippen LogP contribution in [-0.2, 0) is 4.74 Å². The Morgan fingerprint density at radius 1 is 0.884 bits per heavy atom. The topological polar surface area (TPSA) is 72.9 Å². The van der Waals surface area contributed by atoms with Crippen molar-refractivity contribution in [3.8, 4) is 23.0 Å². The van der Waals surface area contributed by atoms with E-state index < -0.39 is 6.10 Å². The summed E-state index contributed by atoms with van der Waals surface area (Å²) in [6.45, 7) is 9.29. The number of halogens is 2. The van der Waals surface area contributed by atoms with Crippen LogP contribution >= 0.6 is 0 Å². The van der Waals surface area contributed by atoms with Gasteiger partial charge >= 0.3 is 0 Å². The summed E-state index contributed by atoms with van der Waals surface area (Å²) in [6.07, 6.45) is 2.61. The van der Waals surface area contributed by atoms with Gasteiger partial charge in [0.05, 0.1) is 12.7 Å². The lowest BCUT2D eigenvalue weighted by atomic mass is 9.64. The van der Waals surface area contributed by atoms with Crippen molar-refractivity contribution in [2.75, 3.05) is 59.7 Å². The van der Waals surface area contributed by atoms with Gasteiger partial charge in [-0.25, -0.2) is 8.78 Å². The summed E-state index contributed by atoms with van der Waals surface area (Å²) in [6, 6.07) is 8.51. The summed E-state index contributed by atoms with van der Waals surface area (Å²) in [5, 5.41) is 12.4. The van der Waals surface area contributed by atoms with Crippen molar-refractivity contribution in [3.63, 3.8) is 0 Å². The smallest absolute Gasteiger partial charge is 0.164 e. The van der Waals surface area contributed by atoms with Gasteiger partial charge in [0.25, 0.3) is 0 Å². The van der Waals surface area contributed by atoms with Gasteiger partial charge in [0, 0.05) is 55.7 Å². The first-order valence-electron chi connectivity index (χ1n) is 15.5. The van der Waals surface area contributed by atoms with Crippen molar-refractivity contribution in [2.24, 2.45) is 10.8 Å². The lowest BCUT2D eigenvalue weighted by molar-refractivity contribution is -0.141. The zero-order valence-corrected chi connectivity index (χ0v) is 25.4. The number of benzene rings is 2. The maximum Gasteiger partial charge on any atom is 0.164 e. The maximum atomic E-state index is 13.9. The van der Waals surface area contributed by atoms with Crippen molar-refractivity contribution in [1.82, 2.24) is 9.80 Å². The van der Waals surface area contributed by atoms with Crippen LogP contribution in [0.2, 0.25) is 0 Å². The molecule has 2 saturated heterocycles. The highest BCUT2D eigenvalue weighted by molar-refractivity contribution is 5.42. The van der Waals surface area contributed by atoms with Crippen LogP contribution in [0.4, 0.5) is 8.78 Å². The van der Waals surface area contributed by atoms with Crippen molar-refractivity contribution < 1.29 is 37.6 Å². The van der Waals surface area contributed by atoms with E-state index in [-0.39, 0.29) is 40.7 Å². The largest absolute Gasteiger partial charge is 0.486 e. The number of hydrogen-bond donors (Lipinski definition) is 1. The second-order valence-electron chi connectivity index (χ2n) is 13.4. The lowest BCUT2D eigenvalue weighted by Crippen LogP contribution is -2.65. The van der Waals surface area contributed by atoms with E-state index >= 15 is 0 Å². The van der Waals surface area contributed by atoms with Gasteiger partial charge in [-0.15, -0.1) is 0 Å². The Morgan fingerprint density at radius 2 is 1.49 bits per heavy atom. The van der Waals surface area contributed by atoms with E-state index in [1.54, 1.807) is 19.2 Å². The van der Waals surface area contributed by atoms with Gasteiger partial charge in [-0.05, 0) is 63.0 Å². The number of piperidine rings is 2. The van der Waals surface area contributed by atoms with Crippen LogP contribution in [-0.4, -0.2) is 98.9 Å². The van der Waals surface area contributed by atoms with Gasteiger partial charge in [-0.3, -0.25) is 9.80 Å². The highest BCUT2D eigenvalue weighted by Crippen LogP contribution is 2.45. The Kier molecular flexibility index (Phi) is 8.75. The van der Waals surface area contributed by atoms with Gasteiger partial charge in [0.2, 0.25) is 0 Å². The zero-order chi connectivity index (χ0) is 30.2. The molecule has 43 heavy (non-hydrogen) atoms. The number of rotatable bonds is 8. The normalized spacial score (nSPS) is 31.9. The molecule has 2 unspecified atom stereocenters. The number of likely N-dealkylation sites (tertiary alicyclic amines) is 2. The molecule has 6 rings (SSSR count). The molecule has 2 aromatic rings. The molecule has 2 fully saturated rings. The molecule has 236 valence electrons. The van der Waals surface area contributed by atoms with Crippen LogP contribution in [0.1, 0.15) is 39.5 Å².